The fourth-order valence-corrected chi connectivity index (χ4v) is 10.6. The molecule has 294 valence electrons. The Morgan fingerprint density at radius 2 is 1.54 bits per heavy atom. The van der Waals surface area contributed by atoms with Crippen LogP contribution in [0.4, 0.5) is 0 Å². The van der Waals surface area contributed by atoms with E-state index in [1.807, 2.05) is 76.3 Å². The minimum atomic E-state index is -3.33. The molecule has 7 unspecified atom stereocenters. The highest BCUT2D eigenvalue weighted by Crippen LogP contribution is 2.50. The third-order valence-electron chi connectivity index (χ3n) is 8.76. The molecule has 0 spiro atoms. The van der Waals surface area contributed by atoms with Crippen molar-refractivity contribution in [2.24, 2.45) is 5.10 Å². The fraction of sp³-hybridized carbons (Fsp3) is 0.559. The van der Waals surface area contributed by atoms with Crippen LogP contribution in [0.3, 0.4) is 0 Å². The van der Waals surface area contributed by atoms with E-state index >= 15 is 0 Å². The molecule has 52 heavy (non-hydrogen) atoms. The van der Waals surface area contributed by atoms with Crippen molar-refractivity contribution >= 4 is 60.6 Å². The van der Waals surface area contributed by atoms with Gasteiger partial charge < -0.3 is 23.3 Å². The molecule has 1 N–H and O–H groups in total. The summed E-state index contributed by atoms with van der Waals surface area (Å²) in [5, 5.41) is 7.25. The number of nitrogens with one attached hydrogen (secondary N) is 1. The summed E-state index contributed by atoms with van der Waals surface area (Å²) in [5.74, 6) is 1.48. The van der Waals surface area contributed by atoms with E-state index in [4.69, 9.17) is 40.2 Å². The van der Waals surface area contributed by atoms with Crippen LogP contribution in [0, 0.1) is 0 Å². The Hall–Kier alpha value is -0.860. The number of nitrogens with zero attached hydrogens (tertiary/aromatic N) is 5. The molecule has 0 saturated heterocycles. The van der Waals surface area contributed by atoms with E-state index in [0.717, 1.165) is 55.4 Å². The molecule has 0 fully saturated rings. The fourth-order valence-electron chi connectivity index (χ4n) is 5.85. The van der Waals surface area contributed by atoms with Gasteiger partial charge in [0.25, 0.3) is 0 Å². The molecule has 0 aliphatic carbocycles. The van der Waals surface area contributed by atoms with Gasteiger partial charge in [-0.15, -0.1) is 6.58 Å². The van der Waals surface area contributed by atoms with Gasteiger partial charge in [-0.05, 0) is 85.6 Å². The quantitative estimate of drug-likeness (QED) is 0.0323. The number of hydrazine groups is 2. The lowest BCUT2D eigenvalue weighted by Crippen LogP contribution is -2.54. The average Bonchev–Trinajstić information content (AvgIpc) is 3.16. The highest BCUT2D eigenvalue weighted by Gasteiger charge is 2.38. The van der Waals surface area contributed by atoms with Gasteiger partial charge in [-0.3, -0.25) is 14.2 Å². The van der Waals surface area contributed by atoms with Gasteiger partial charge in [0.05, 0.1) is 13.1 Å². The molecule has 2 rings (SSSR count). The lowest BCUT2D eigenvalue weighted by molar-refractivity contribution is -0.109. The maximum absolute atomic E-state index is 12.9. The van der Waals surface area contributed by atoms with E-state index in [9.17, 15) is 4.57 Å². The third-order valence-corrected chi connectivity index (χ3v) is 16.6. The molecule has 2 aromatic rings. The molecule has 12 nitrogen and oxygen atoms in total. The first kappa shape index (κ1) is 47.3. The van der Waals surface area contributed by atoms with Gasteiger partial charge in [-0.2, -0.15) is 14.8 Å². The first-order valence-corrected chi connectivity index (χ1v) is 23.3. The second kappa shape index (κ2) is 23.3. The monoisotopic (exact) mass is 836 g/mol. The van der Waals surface area contributed by atoms with Crippen LogP contribution in [0.25, 0.3) is 0 Å². The highest BCUT2D eigenvalue weighted by atomic mass is 32.4. The van der Waals surface area contributed by atoms with Crippen molar-refractivity contribution in [3.05, 3.63) is 72.3 Å². The Balaban J connectivity index is 2.26. The molecule has 18 heteroatoms. The van der Waals surface area contributed by atoms with Crippen molar-refractivity contribution in [3.63, 3.8) is 0 Å². The minimum absolute atomic E-state index is 0.0353. The molecule has 0 bridgehead atoms. The van der Waals surface area contributed by atoms with E-state index < -0.39 is 31.7 Å². The highest BCUT2D eigenvalue weighted by molar-refractivity contribution is 8.04. The van der Waals surface area contributed by atoms with Crippen LogP contribution in [0.1, 0.15) is 83.6 Å². The summed E-state index contributed by atoms with van der Waals surface area (Å²) in [6.07, 6.45) is 8.07. The molecule has 0 aromatic heterocycles. The normalized spacial score (nSPS) is 15.8. The van der Waals surface area contributed by atoms with Gasteiger partial charge >= 0.3 is 7.60 Å². The number of benzene rings is 2. The molecule has 0 saturated carbocycles. The summed E-state index contributed by atoms with van der Waals surface area (Å²) in [4.78, 5) is 3.64. The van der Waals surface area contributed by atoms with Crippen LogP contribution < -0.4 is 14.7 Å². The average molecular weight is 837 g/mol. The van der Waals surface area contributed by atoms with E-state index in [0.29, 0.717) is 12.3 Å². The first-order valence-electron chi connectivity index (χ1n) is 17.3. The molecule has 7 atom stereocenters. The topological polar surface area (TPSA) is 101 Å². The van der Waals surface area contributed by atoms with Gasteiger partial charge in [-0.25, -0.2) is 5.20 Å². The SMILES string of the molecule is C=CCN(CP(=O)(OC)OC)C(OC)c1ccc(OC(CC)(CCC)[PH](=S)N(C)/N=C/c2ccc(OC(CC)(CCC)N(P)N(P)NP)cc2)cc1. The summed E-state index contributed by atoms with van der Waals surface area (Å²) < 4.78 is 46.4. The Bertz CT molecular complexity index is 1460. The van der Waals surface area contributed by atoms with E-state index in [1.54, 1.807) is 18.1 Å². The number of hydrogen-bond acceptors (Lipinski definition) is 12. The molecular formula is C34H61N6O6P5S. The van der Waals surface area contributed by atoms with Crippen LogP contribution in [-0.2, 0) is 30.2 Å². The number of ether oxygens (including phenoxy) is 3. The van der Waals surface area contributed by atoms with Gasteiger partial charge in [0.2, 0.25) is 0 Å². The molecule has 0 aliphatic heterocycles. The van der Waals surface area contributed by atoms with Crippen molar-refractivity contribution in [1.82, 2.24) is 24.5 Å². The van der Waals surface area contributed by atoms with Crippen LogP contribution in [-0.4, -0.2) is 77.8 Å². The summed E-state index contributed by atoms with van der Waals surface area (Å²) in [6.45, 7) is 11.1. The summed E-state index contributed by atoms with van der Waals surface area (Å²) in [5.41, 5.74) is 1.24. The Morgan fingerprint density at radius 3 is 2.02 bits per heavy atom. The molecule has 0 amide bonds. The van der Waals surface area contributed by atoms with Gasteiger partial charge in [0, 0.05) is 41.3 Å². The van der Waals surface area contributed by atoms with Crippen LogP contribution in [0.15, 0.2) is 66.3 Å². The van der Waals surface area contributed by atoms with Crippen molar-refractivity contribution in [3.8, 4) is 11.5 Å². The number of hydrazone groups is 1. The van der Waals surface area contributed by atoms with Crippen LogP contribution in [0.2, 0.25) is 0 Å². The van der Waals surface area contributed by atoms with E-state index in [-0.39, 0.29) is 6.29 Å². The Labute approximate surface area is 325 Å². The van der Waals surface area contributed by atoms with E-state index in [2.05, 4.69) is 67.6 Å². The van der Waals surface area contributed by atoms with Crippen molar-refractivity contribution < 1.29 is 27.8 Å². The predicted octanol–water partition coefficient (Wildman–Crippen LogP) is 8.78. The predicted molar refractivity (Wildman–Crippen MR) is 230 cm³/mol. The third kappa shape index (κ3) is 12.8. The zero-order valence-electron chi connectivity index (χ0n) is 32.0. The summed E-state index contributed by atoms with van der Waals surface area (Å²) in [7, 11) is 10.8. The van der Waals surface area contributed by atoms with Gasteiger partial charge in [0.1, 0.15) is 24.0 Å². The Kier molecular flexibility index (Phi) is 21.2. The molecular weight excluding hydrogens is 775 g/mol. The Morgan fingerprint density at radius 1 is 0.962 bits per heavy atom. The smallest absolute Gasteiger partial charge is 0.344 e. The molecule has 2 aromatic carbocycles. The second-order valence-electron chi connectivity index (χ2n) is 12.1. The van der Waals surface area contributed by atoms with Gasteiger partial charge in [0.15, 0.2) is 11.1 Å². The largest absolute Gasteiger partial charge is 0.480 e. The van der Waals surface area contributed by atoms with Crippen molar-refractivity contribution in [2.45, 2.75) is 83.5 Å². The van der Waals surface area contributed by atoms with Crippen molar-refractivity contribution in [1.29, 1.82) is 0 Å². The lowest BCUT2D eigenvalue weighted by atomic mass is 10.1. The summed E-state index contributed by atoms with van der Waals surface area (Å²) in [6, 6.07) is 15.7. The van der Waals surface area contributed by atoms with Crippen LogP contribution >= 0.6 is 42.6 Å². The molecule has 0 heterocycles. The van der Waals surface area contributed by atoms with E-state index in [1.165, 1.54) is 14.2 Å². The summed E-state index contributed by atoms with van der Waals surface area (Å²) >= 11 is 6.23. The van der Waals surface area contributed by atoms with Gasteiger partial charge in [-0.1, -0.05) is 79.9 Å². The molecule has 0 aliphatic rings. The second-order valence-corrected chi connectivity index (χ2v) is 18.9. The number of rotatable bonds is 26. The number of methoxy groups -OCH3 is 1. The standard InChI is InChI=1S/C34H61N6O6P5S/c1-10-23-33(13-4,39(48)40(49)36-47)45-30-19-15-28(16-20-30)26-35-37(6)50(52)34(14-5,24-11-2)46-31-21-17-29(18-22-31)32(42-7)38(25-12-3)27-51(41,43-8)44-9/h12,15-22,26,32,36,50H,3,10-11,13-14,23-25,27,47-49H2,1-2,4-9H3/b35-26+. The van der Waals surface area contributed by atoms with Crippen molar-refractivity contribution in [2.75, 3.05) is 41.2 Å². The lowest BCUT2D eigenvalue weighted by Gasteiger charge is -2.44. The maximum atomic E-state index is 12.9. The zero-order valence-corrected chi connectivity index (χ0v) is 38.2. The zero-order chi connectivity index (χ0) is 39.0. The first-order chi connectivity index (χ1) is 24.8. The maximum Gasteiger partial charge on any atom is 0.344 e. The minimum Gasteiger partial charge on any atom is -0.480 e. The number of hydrogen-bond donors (Lipinski definition) is 1. The van der Waals surface area contributed by atoms with Crippen LogP contribution in [0.5, 0.6) is 11.5 Å². The molecule has 0 radical (unpaired) electrons.